The van der Waals surface area contributed by atoms with Crippen LogP contribution >= 0.6 is 0 Å². The molecule has 106 valence electrons. The molecule has 0 saturated heterocycles. The molecular weight excluding hydrogens is 248 g/mol. The van der Waals surface area contributed by atoms with Crippen molar-refractivity contribution in [2.24, 2.45) is 5.92 Å². The van der Waals surface area contributed by atoms with Crippen LogP contribution in [0.1, 0.15) is 25.7 Å². The smallest absolute Gasteiger partial charge is 0.315 e. The zero-order chi connectivity index (χ0) is 13.8. The van der Waals surface area contributed by atoms with E-state index in [0.29, 0.717) is 6.42 Å². The first-order valence-electron chi connectivity index (χ1n) is 6.61. The van der Waals surface area contributed by atoms with E-state index < -0.39 is 11.9 Å². The van der Waals surface area contributed by atoms with Crippen LogP contribution in [0.3, 0.4) is 0 Å². The molecule has 1 fully saturated rings. The van der Waals surface area contributed by atoms with E-state index in [4.69, 9.17) is 9.84 Å². The highest BCUT2D eigenvalue weighted by atomic mass is 16.5. The van der Waals surface area contributed by atoms with Crippen LogP contribution in [-0.2, 0) is 9.53 Å². The van der Waals surface area contributed by atoms with Gasteiger partial charge in [0.25, 0.3) is 0 Å². The van der Waals surface area contributed by atoms with E-state index in [-0.39, 0.29) is 24.2 Å². The van der Waals surface area contributed by atoms with Crippen molar-refractivity contribution >= 4 is 12.0 Å². The summed E-state index contributed by atoms with van der Waals surface area (Å²) in [7, 11) is 1.65. The summed E-state index contributed by atoms with van der Waals surface area (Å²) in [5.41, 5.74) is 0. The van der Waals surface area contributed by atoms with Crippen LogP contribution in [0.2, 0.25) is 0 Å². The van der Waals surface area contributed by atoms with Crippen molar-refractivity contribution in [2.75, 3.05) is 7.11 Å². The van der Waals surface area contributed by atoms with Gasteiger partial charge in [-0.25, -0.2) is 4.79 Å². The molecule has 0 spiro atoms. The van der Waals surface area contributed by atoms with E-state index in [0.717, 1.165) is 19.3 Å². The third kappa shape index (κ3) is 3.47. The molecule has 0 aromatic rings. The number of carbonyl (C=O) groups is 2. The second-order valence-corrected chi connectivity index (χ2v) is 5.10. The highest BCUT2D eigenvalue weighted by Gasteiger charge is 2.30. The monoisotopic (exact) mass is 268 g/mol. The molecule has 6 nitrogen and oxygen atoms in total. The van der Waals surface area contributed by atoms with Gasteiger partial charge in [-0.15, -0.1) is 0 Å². The number of hydrogen-bond acceptors (Lipinski definition) is 3. The molecule has 1 saturated carbocycles. The Morgan fingerprint density at radius 1 is 1.26 bits per heavy atom. The lowest BCUT2D eigenvalue weighted by atomic mass is 10.1. The van der Waals surface area contributed by atoms with E-state index in [2.05, 4.69) is 10.6 Å². The lowest BCUT2D eigenvalue weighted by Crippen LogP contribution is -2.48. The van der Waals surface area contributed by atoms with Gasteiger partial charge in [-0.1, -0.05) is 12.2 Å². The minimum absolute atomic E-state index is 0.0469. The van der Waals surface area contributed by atoms with Gasteiger partial charge in [0.05, 0.1) is 24.1 Å². The predicted octanol–water partition coefficient (Wildman–Crippen LogP) is 0.882. The molecule has 2 aliphatic carbocycles. The van der Waals surface area contributed by atoms with Crippen molar-refractivity contribution in [3.05, 3.63) is 12.2 Å². The van der Waals surface area contributed by atoms with E-state index in [9.17, 15) is 9.59 Å². The van der Waals surface area contributed by atoms with Gasteiger partial charge in [0, 0.05) is 7.11 Å². The number of carboxylic acids is 1. The fraction of sp³-hybridized carbons (Fsp3) is 0.692. The molecule has 2 amide bonds. The Balaban J connectivity index is 1.76. The Kier molecular flexibility index (Phi) is 4.42. The highest BCUT2D eigenvalue weighted by Crippen LogP contribution is 2.22. The topological polar surface area (TPSA) is 87.7 Å². The Bertz CT molecular complexity index is 383. The molecule has 0 aliphatic heterocycles. The molecule has 4 atom stereocenters. The van der Waals surface area contributed by atoms with Gasteiger partial charge in [-0.05, 0) is 25.7 Å². The maximum Gasteiger partial charge on any atom is 0.315 e. The van der Waals surface area contributed by atoms with Crippen molar-refractivity contribution in [1.29, 1.82) is 0 Å². The number of methoxy groups -OCH3 is 1. The molecule has 0 aromatic carbocycles. The van der Waals surface area contributed by atoms with Crippen LogP contribution in [0.4, 0.5) is 4.79 Å². The van der Waals surface area contributed by atoms with Crippen LogP contribution in [-0.4, -0.2) is 42.4 Å². The van der Waals surface area contributed by atoms with Gasteiger partial charge < -0.3 is 20.5 Å². The Labute approximate surface area is 112 Å². The zero-order valence-electron chi connectivity index (χ0n) is 11.0. The molecule has 0 heterocycles. The second kappa shape index (κ2) is 6.06. The molecule has 0 radical (unpaired) electrons. The summed E-state index contributed by atoms with van der Waals surface area (Å²) >= 11 is 0. The molecule has 3 N–H and O–H groups in total. The maximum absolute atomic E-state index is 11.8. The summed E-state index contributed by atoms with van der Waals surface area (Å²) in [5, 5.41) is 14.5. The number of rotatable bonds is 4. The normalized spacial score (nSPS) is 33.3. The number of carbonyl (C=O) groups excluding carboxylic acids is 1. The van der Waals surface area contributed by atoms with Gasteiger partial charge >= 0.3 is 12.0 Å². The minimum atomic E-state index is -0.851. The summed E-state index contributed by atoms with van der Waals surface area (Å²) in [5.74, 6) is -1.35. The number of amides is 2. The number of carboxylic acid groups (broad SMARTS) is 1. The number of urea groups is 1. The molecule has 4 unspecified atom stereocenters. The number of nitrogens with one attached hydrogen (secondary N) is 2. The lowest BCUT2D eigenvalue weighted by Gasteiger charge is -2.21. The molecule has 19 heavy (non-hydrogen) atoms. The first-order valence-corrected chi connectivity index (χ1v) is 6.61. The largest absolute Gasteiger partial charge is 0.481 e. The summed E-state index contributed by atoms with van der Waals surface area (Å²) in [6.07, 6.45) is 6.80. The first kappa shape index (κ1) is 13.9. The Morgan fingerprint density at radius 3 is 2.68 bits per heavy atom. The fourth-order valence-electron chi connectivity index (χ4n) is 2.74. The van der Waals surface area contributed by atoms with Crippen LogP contribution in [0.15, 0.2) is 12.2 Å². The molecule has 0 bridgehead atoms. The van der Waals surface area contributed by atoms with E-state index in [1.54, 1.807) is 19.3 Å². The van der Waals surface area contributed by atoms with Crippen molar-refractivity contribution in [3.8, 4) is 0 Å². The molecule has 2 aliphatic rings. The van der Waals surface area contributed by atoms with Crippen LogP contribution in [0.5, 0.6) is 0 Å². The van der Waals surface area contributed by atoms with Gasteiger partial charge in [0.2, 0.25) is 0 Å². The van der Waals surface area contributed by atoms with Crippen molar-refractivity contribution in [1.82, 2.24) is 10.6 Å². The molecule has 0 aromatic heterocycles. The SMILES string of the molecule is COC1CCCC1NC(=O)NC1C=CC(C(=O)O)C1. The third-order valence-electron chi connectivity index (χ3n) is 3.79. The van der Waals surface area contributed by atoms with Crippen molar-refractivity contribution < 1.29 is 19.4 Å². The zero-order valence-corrected chi connectivity index (χ0v) is 11.0. The number of aliphatic carboxylic acids is 1. The highest BCUT2D eigenvalue weighted by molar-refractivity contribution is 5.76. The average Bonchev–Trinajstić information content (AvgIpc) is 2.97. The maximum atomic E-state index is 11.8. The predicted molar refractivity (Wildman–Crippen MR) is 68.8 cm³/mol. The quantitative estimate of drug-likeness (QED) is 0.661. The third-order valence-corrected chi connectivity index (χ3v) is 3.79. The fourth-order valence-corrected chi connectivity index (χ4v) is 2.74. The van der Waals surface area contributed by atoms with Crippen molar-refractivity contribution in [3.63, 3.8) is 0 Å². The Hall–Kier alpha value is -1.56. The first-order chi connectivity index (χ1) is 9.10. The summed E-state index contributed by atoms with van der Waals surface area (Å²) in [6, 6.07) is -0.413. The van der Waals surface area contributed by atoms with Crippen molar-refractivity contribution in [2.45, 2.75) is 43.9 Å². The van der Waals surface area contributed by atoms with Crippen LogP contribution in [0.25, 0.3) is 0 Å². The van der Waals surface area contributed by atoms with E-state index >= 15 is 0 Å². The van der Waals surface area contributed by atoms with Gasteiger partial charge in [-0.3, -0.25) is 4.79 Å². The summed E-state index contributed by atoms with van der Waals surface area (Å²) < 4.78 is 5.31. The number of hydrogen-bond donors (Lipinski definition) is 3. The lowest BCUT2D eigenvalue weighted by molar-refractivity contribution is -0.140. The number of ether oxygens (including phenoxy) is 1. The van der Waals surface area contributed by atoms with Crippen LogP contribution < -0.4 is 10.6 Å². The molecule has 2 rings (SSSR count). The van der Waals surface area contributed by atoms with Gasteiger partial charge in [0.1, 0.15) is 0 Å². The standard InChI is InChI=1S/C13H20N2O4/c1-19-11-4-2-3-10(11)15-13(18)14-9-6-5-8(7-9)12(16)17/h5-6,8-11H,2-4,7H2,1H3,(H,16,17)(H2,14,15,18). The average molecular weight is 268 g/mol. The second-order valence-electron chi connectivity index (χ2n) is 5.10. The van der Waals surface area contributed by atoms with Gasteiger partial charge in [0.15, 0.2) is 0 Å². The summed E-state index contributed by atoms with van der Waals surface area (Å²) in [4.78, 5) is 22.6. The van der Waals surface area contributed by atoms with E-state index in [1.807, 2.05) is 0 Å². The van der Waals surface area contributed by atoms with E-state index in [1.165, 1.54) is 0 Å². The summed E-state index contributed by atoms with van der Waals surface area (Å²) in [6.45, 7) is 0. The van der Waals surface area contributed by atoms with Gasteiger partial charge in [-0.2, -0.15) is 0 Å². The Morgan fingerprint density at radius 2 is 2.05 bits per heavy atom. The van der Waals surface area contributed by atoms with Crippen LogP contribution in [0, 0.1) is 5.92 Å². The minimum Gasteiger partial charge on any atom is -0.481 e. The molecule has 6 heteroatoms. The molecular formula is C13H20N2O4.